The van der Waals surface area contributed by atoms with Gasteiger partial charge in [0, 0.05) is 5.41 Å². The Morgan fingerprint density at radius 3 is 1.41 bits per heavy atom. The maximum atomic E-state index is 11.4. The Balaban J connectivity index is 3.38. The first-order chi connectivity index (χ1) is 13.1. The van der Waals surface area contributed by atoms with Crippen LogP contribution in [0.5, 0.6) is 0 Å². The van der Waals surface area contributed by atoms with Crippen LogP contribution >= 0.6 is 0 Å². The molecule has 27 heavy (non-hydrogen) atoms. The SMILES string of the molecule is CCCCC([C]=O)(CC)CCCCCCCCCCCCCCCC(C)C. The van der Waals surface area contributed by atoms with Gasteiger partial charge in [-0.15, -0.1) is 0 Å². The molecule has 0 aromatic heterocycles. The van der Waals surface area contributed by atoms with Crippen molar-refractivity contribution in [1.29, 1.82) is 0 Å². The van der Waals surface area contributed by atoms with Crippen LogP contribution in [0.3, 0.4) is 0 Å². The van der Waals surface area contributed by atoms with Gasteiger partial charge in [0.2, 0.25) is 6.29 Å². The molecule has 1 nitrogen and oxygen atoms in total. The van der Waals surface area contributed by atoms with Gasteiger partial charge in [-0.2, -0.15) is 0 Å². The lowest BCUT2D eigenvalue weighted by molar-refractivity contribution is 0.301. The van der Waals surface area contributed by atoms with Gasteiger partial charge in [-0.25, -0.2) is 0 Å². The summed E-state index contributed by atoms with van der Waals surface area (Å²) < 4.78 is 0. The van der Waals surface area contributed by atoms with Crippen molar-refractivity contribution >= 4 is 6.29 Å². The van der Waals surface area contributed by atoms with E-state index in [1.165, 1.54) is 103 Å². The summed E-state index contributed by atoms with van der Waals surface area (Å²) in [4.78, 5) is 11.4. The largest absolute Gasteiger partial charge is 0.290 e. The van der Waals surface area contributed by atoms with Crippen LogP contribution in [0, 0.1) is 11.3 Å². The van der Waals surface area contributed by atoms with Crippen molar-refractivity contribution < 1.29 is 4.79 Å². The summed E-state index contributed by atoms with van der Waals surface area (Å²) >= 11 is 0. The Morgan fingerprint density at radius 2 is 1.04 bits per heavy atom. The average Bonchev–Trinajstić information content (AvgIpc) is 2.67. The van der Waals surface area contributed by atoms with E-state index in [9.17, 15) is 4.79 Å². The molecule has 0 saturated heterocycles. The molecule has 1 unspecified atom stereocenters. The van der Waals surface area contributed by atoms with Gasteiger partial charge in [-0.1, -0.05) is 130 Å². The average molecular weight is 380 g/mol. The zero-order valence-electron chi connectivity index (χ0n) is 19.4. The normalized spacial score (nSPS) is 13.8. The van der Waals surface area contributed by atoms with Crippen LogP contribution in [-0.2, 0) is 4.79 Å². The molecule has 1 atom stereocenters. The molecule has 1 radical (unpaired) electrons. The second-order valence-corrected chi connectivity index (χ2v) is 9.37. The van der Waals surface area contributed by atoms with Crippen LogP contribution in [0.25, 0.3) is 0 Å². The van der Waals surface area contributed by atoms with E-state index in [0.717, 1.165) is 25.2 Å². The van der Waals surface area contributed by atoms with Gasteiger partial charge in [0.1, 0.15) is 0 Å². The Kier molecular flexibility index (Phi) is 18.8. The fourth-order valence-electron chi connectivity index (χ4n) is 4.13. The number of rotatable bonds is 21. The third kappa shape index (κ3) is 16.3. The van der Waals surface area contributed by atoms with Gasteiger partial charge < -0.3 is 0 Å². The van der Waals surface area contributed by atoms with Gasteiger partial charge in [-0.3, -0.25) is 4.79 Å². The van der Waals surface area contributed by atoms with Crippen molar-refractivity contribution in [1.82, 2.24) is 0 Å². The summed E-state index contributed by atoms with van der Waals surface area (Å²) in [7, 11) is 0. The predicted octanol–water partition coefficient (Wildman–Crippen LogP) is 9.19. The molecular formula is C26H51O. The summed E-state index contributed by atoms with van der Waals surface area (Å²) in [5.74, 6) is 0.878. The lowest BCUT2D eigenvalue weighted by Gasteiger charge is -2.25. The van der Waals surface area contributed by atoms with E-state index in [1.54, 1.807) is 0 Å². The molecule has 0 saturated carbocycles. The lowest BCUT2D eigenvalue weighted by atomic mass is 9.77. The first-order valence-corrected chi connectivity index (χ1v) is 12.5. The van der Waals surface area contributed by atoms with Crippen LogP contribution in [0.4, 0.5) is 0 Å². The van der Waals surface area contributed by atoms with Crippen LogP contribution in [0.1, 0.15) is 150 Å². The molecule has 1 heteroatoms. The Morgan fingerprint density at radius 1 is 0.630 bits per heavy atom. The molecule has 0 aromatic carbocycles. The zero-order valence-corrected chi connectivity index (χ0v) is 19.4. The molecule has 0 aromatic rings. The zero-order chi connectivity index (χ0) is 20.2. The smallest absolute Gasteiger partial charge is 0.205 e. The number of hydrogen-bond acceptors (Lipinski definition) is 1. The van der Waals surface area contributed by atoms with Crippen molar-refractivity contribution in [2.45, 2.75) is 150 Å². The first-order valence-electron chi connectivity index (χ1n) is 12.5. The fourth-order valence-corrected chi connectivity index (χ4v) is 4.13. The van der Waals surface area contributed by atoms with E-state index in [-0.39, 0.29) is 5.41 Å². The van der Waals surface area contributed by atoms with Crippen molar-refractivity contribution in [2.24, 2.45) is 11.3 Å². The lowest BCUT2D eigenvalue weighted by Crippen LogP contribution is -2.21. The van der Waals surface area contributed by atoms with Crippen molar-refractivity contribution in [3.63, 3.8) is 0 Å². The molecule has 0 aliphatic carbocycles. The van der Waals surface area contributed by atoms with E-state index >= 15 is 0 Å². The molecule has 0 N–H and O–H groups in total. The molecule has 0 rings (SSSR count). The molecular weight excluding hydrogens is 328 g/mol. The molecule has 161 valence electrons. The van der Waals surface area contributed by atoms with Crippen LogP contribution in [0.15, 0.2) is 0 Å². The van der Waals surface area contributed by atoms with E-state index in [1.807, 2.05) is 0 Å². The molecule has 0 amide bonds. The third-order valence-electron chi connectivity index (χ3n) is 6.34. The highest BCUT2D eigenvalue weighted by Crippen LogP contribution is 2.32. The summed E-state index contributed by atoms with van der Waals surface area (Å²) in [6.07, 6.45) is 27.4. The number of carbonyl (C=O) groups excluding carboxylic acids is 1. The standard InChI is InChI=1S/C26H51O/c1-5-7-22-26(6-2,24-27)23-20-18-16-14-12-10-8-9-11-13-15-17-19-21-25(3)4/h25H,5-23H2,1-4H3. The minimum atomic E-state index is -0.134. The van der Waals surface area contributed by atoms with E-state index in [0.29, 0.717) is 0 Å². The summed E-state index contributed by atoms with van der Waals surface area (Å²) in [5, 5.41) is 0. The maximum absolute atomic E-state index is 11.4. The molecule has 0 bridgehead atoms. The number of hydrogen-bond donors (Lipinski definition) is 0. The molecule has 0 aliphatic rings. The second kappa shape index (κ2) is 19.0. The van der Waals surface area contributed by atoms with E-state index in [4.69, 9.17) is 0 Å². The highest BCUT2D eigenvalue weighted by molar-refractivity contribution is 5.60. The third-order valence-corrected chi connectivity index (χ3v) is 6.34. The monoisotopic (exact) mass is 379 g/mol. The van der Waals surface area contributed by atoms with Gasteiger partial charge in [0.25, 0.3) is 0 Å². The highest BCUT2D eigenvalue weighted by atomic mass is 16.1. The fraction of sp³-hybridized carbons (Fsp3) is 0.962. The van der Waals surface area contributed by atoms with Gasteiger partial charge in [0.05, 0.1) is 0 Å². The van der Waals surface area contributed by atoms with Crippen molar-refractivity contribution in [2.75, 3.05) is 0 Å². The summed E-state index contributed by atoms with van der Waals surface area (Å²) in [5.41, 5.74) is -0.134. The van der Waals surface area contributed by atoms with E-state index < -0.39 is 0 Å². The van der Waals surface area contributed by atoms with Crippen molar-refractivity contribution in [3.05, 3.63) is 0 Å². The Hall–Kier alpha value is -0.330. The minimum absolute atomic E-state index is 0.134. The van der Waals surface area contributed by atoms with Crippen molar-refractivity contribution in [3.8, 4) is 0 Å². The molecule has 0 spiro atoms. The van der Waals surface area contributed by atoms with E-state index in [2.05, 4.69) is 34.0 Å². The second-order valence-electron chi connectivity index (χ2n) is 9.37. The quantitative estimate of drug-likeness (QED) is 0.182. The first kappa shape index (κ1) is 26.7. The Bertz CT molecular complexity index is 309. The van der Waals surface area contributed by atoms with Gasteiger partial charge in [-0.05, 0) is 25.2 Å². The minimum Gasteiger partial charge on any atom is -0.290 e. The van der Waals surface area contributed by atoms with Crippen LogP contribution in [-0.4, -0.2) is 6.29 Å². The highest BCUT2D eigenvalue weighted by Gasteiger charge is 2.27. The van der Waals surface area contributed by atoms with Gasteiger partial charge >= 0.3 is 0 Å². The summed E-state index contributed by atoms with van der Waals surface area (Å²) in [6.45, 7) is 9.02. The van der Waals surface area contributed by atoms with Gasteiger partial charge in [0.15, 0.2) is 0 Å². The van der Waals surface area contributed by atoms with Crippen LogP contribution < -0.4 is 0 Å². The summed E-state index contributed by atoms with van der Waals surface area (Å²) in [6, 6.07) is 0. The maximum Gasteiger partial charge on any atom is 0.205 e. The number of unbranched alkanes of at least 4 members (excludes halogenated alkanes) is 13. The predicted molar refractivity (Wildman–Crippen MR) is 122 cm³/mol. The molecule has 0 heterocycles. The molecule has 0 aliphatic heterocycles. The molecule has 0 fully saturated rings. The topological polar surface area (TPSA) is 17.1 Å². The van der Waals surface area contributed by atoms with Crippen LogP contribution in [0.2, 0.25) is 0 Å². The Labute approximate surface area is 172 Å².